The van der Waals surface area contributed by atoms with Crippen LogP contribution in [0.3, 0.4) is 0 Å². The average Bonchev–Trinajstić information content (AvgIpc) is 2.52. The molecule has 1 rings (SSSR count). The van der Waals surface area contributed by atoms with Gasteiger partial charge in [-0.1, -0.05) is 20.8 Å². The van der Waals surface area contributed by atoms with Gasteiger partial charge in [0.25, 0.3) is 0 Å². The molecule has 21 heavy (non-hydrogen) atoms. The van der Waals surface area contributed by atoms with Gasteiger partial charge < -0.3 is 16.0 Å². The number of nitrogens with two attached hydrogens (primary N) is 1. The van der Waals surface area contributed by atoms with Gasteiger partial charge in [0, 0.05) is 32.7 Å². The number of hydrogen-bond acceptors (Lipinski definition) is 4. The Morgan fingerprint density at radius 3 is 2.14 bits per heavy atom. The average molecular weight is 298 g/mol. The summed E-state index contributed by atoms with van der Waals surface area (Å²) >= 11 is 0. The third-order valence-corrected chi connectivity index (χ3v) is 4.29. The van der Waals surface area contributed by atoms with Gasteiger partial charge in [0.2, 0.25) is 11.8 Å². The van der Waals surface area contributed by atoms with E-state index in [1.54, 1.807) is 0 Å². The van der Waals surface area contributed by atoms with Gasteiger partial charge >= 0.3 is 0 Å². The highest BCUT2D eigenvalue weighted by atomic mass is 16.2. The molecule has 1 fully saturated rings. The molecule has 0 radical (unpaired) electrons. The molecule has 0 unspecified atom stereocenters. The van der Waals surface area contributed by atoms with E-state index in [4.69, 9.17) is 5.73 Å². The van der Waals surface area contributed by atoms with Crippen molar-refractivity contribution in [3.8, 4) is 0 Å². The maximum atomic E-state index is 12.5. The van der Waals surface area contributed by atoms with E-state index in [1.165, 1.54) is 0 Å². The summed E-state index contributed by atoms with van der Waals surface area (Å²) in [4.78, 5) is 28.1. The zero-order chi connectivity index (χ0) is 15.9. The molecule has 122 valence electrons. The van der Waals surface area contributed by atoms with Crippen LogP contribution in [0.15, 0.2) is 0 Å². The second-order valence-corrected chi connectivity index (χ2v) is 5.78. The van der Waals surface area contributed by atoms with E-state index in [-0.39, 0.29) is 11.8 Å². The van der Waals surface area contributed by atoms with E-state index in [2.05, 4.69) is 10.2 Å². The fraction of sp³-hybridized carbons (Fsp3) is 0.867. The zero-order valence-electron chi connectivity index (χ0n) is 13.7. The second-order valence-electron chi connectivity index (χ2n) is 5.78. The van der Waals surface area contributed by atoms with Gasteiger partial charge in [-0.2, -0.15) is 0 Å². The smallest absolute Gasteiger partial charge is 0.242 e. The molecule has 0 aromatic rings. The molecule has 6 heteroatoms. The van der Waals surface area contributed by atoms with Crippen LogP contribution in [0, 0.1) is 0 Å². The minimum absolute atomic E-state index is 0.0441. The molecule has 0 aliphatic carbocycles. The van der Waals surface area contributed by atoms with Gasteiger partial charge in [0.15, 0.2) is 0 Å². The molecule has 6 nitrogen and oxygen atoms in total. The van der Waals surface area contributed by atoms with E-state index >= 15 is 0 Å². The molecule has 0 spiro atoms. The van der Waals surface area contributed by atoms with E-state index in [0.29, 0.717) is 32.5 Å². The Balaban J connectivity index is 2.41. The van der Waals surface area contributed by atoms with Crippen molar-refractivity contribution >= 4 is 11.8 Å². The topological polar surface area (TPSA) is 78.7 Å². The highest BCUT2D eigenvalue weighted by Crippen LogP contribution is 2.16. The second kappa shape index (κ2) is 8.34. The quantitative estimate of drug-likeness (QED) is 0.702. The summed E-state index contributed by atoms with van der Waals surface area (Å²) in [5.74, 6) is 0.106. The monoisotopic (exact) mass is 298 g/mol. The third kappa shape index (κ3) is 4.97. The molecule has 2 amide bonds. The normalized spacial score (nSPS) is 16.9. The van der Waals surface area contributed by atoms with Gasteiger partial charge in [-0.3, -0.25) is 14.5 Å². The van der Waals surface area contributed by atoms with Crippen molar-refractivity contribution in [2.75, 3.05) is 39.3 Å². The molecule has 0 saturated carbocycles. The Morgan fingerprint density at radius 2 is 1.67 bits per heavy atom. The van der Waals surface area contributed by atoms with Gasteiger partial charge in [0.1, 0.15) is 0 Å². The Bertz CT molecular complexity index is 348. The van der Waals surface area contributed by atoms with Crippen molar-refractivity contribution in [3.05, 3.63) is 0 Å². The minimum atomic E-state index is -0.735. The van der Waals surface area contributed by atoms with Crippen molar-refractivity contribution in [2.45, 2.75) is 45.6 Å². The van der Waals surface area contributed by atoms with Crippen molar-refractivity contribution in [3.63, 3.8) is 0 Å². The van der Waals surface area contributed by atoms with Crippen LogP contribution in [0.25, 0.3) is 0 Å². The van der Waals surface area contributed by atoms with Gasteiger partial charge in [-0.25, -0.2) is 0 Å². The summed E-state index contributed by atoms with van der Waals surface area (Å²) < 4.78 is 0. The summed E-state index contributed by atoms with van der Waals surface area (Å²) in [5, 5.41) is 2.87. The molecular formula is C15H30N4O2. The number of rotatable bonds is 7. The largest absolute Gasteiger partial charge is 0.355 e. The first-order chi connectivity index (χ1) is 9.96. The zero-order valence-corrected chi connectivity index (χ0v) is 13.7. The number of piperazine rings is 1. The third-order valence-electron chi connectivity index (χ3n) is 4.29. The SMILES string of the molecule is CCCNC(=O)CN1CCN(C(=O)C(N)(CC)CC)CC1. The maximum absolute atomic E-state index is 12.5. The van der Waals surface area contributed by atoms with E-state index in [0.717, 1.165) is 26.1 Å². The summed E-state index contributed by atoms with van der Waals surface area (Å²) in [6, 6.07) is 0. The molecule has 0 bridgehead atoms. The Hall–Kier alpha value is -1.14. The summed E-state index contributed by atoms with van der Waals surface area (Å²) in [5.41, 5.74) is 5.44. The Kier molecular flexibility index (Phi) is 7.11. The fourth-order valence-electron chi connectivity index (χ4n) is 2.50. The van der Waals surface area contributed by atoms with Gasteiger partial charge in [-0.15, -0.1) is 0 Å². The number of hydrogen-bond donors (Lipinski definition) is 2. The van der Waals surface area contributed by atoms with E-state index in [1.807, 2.05) is 25.7 Å². The molecule has 3 N–H and O–H groups in total. The molecular weight excluding hydrogens is 268 g/mol. The fourth-order valence-corrected chi connectivity index (χ4v) is 2.50. The van der Waals surface area contributed by atoms with Crippen LogP contribution in [0.2, 0.25) is 0 Å². The lowest BCUT2D eigenvalue weighted by Crippen LogP contribution is -2.59. The van der Waals surface area contributed by atoms with Crippen molar-refractivity contribution in [1.82, 2.24) is 15.1 Å². The van der Waals surface area contributed by atoms with Crippen LogP contribution in [0.1, 0.15) is 40.0 Å². The molecule has 1 heterocycles. The number of carbonyl (C=O) groups excluding carboxylic acids is 2. The molecule has 1 saturated heterocycles. The Labute approximate surface area is 128 Å². The lowest BCUT2D eigenvalue weighted by atomic mass is 9.92. The molecule has 1 aliphatic rings. The van der Waals surface area contributed by atoms with Crippen LogP contribution >= 0.6 is 0 Å². The summed E-state index contributed by atoms with van der Waals surface area (Å²) in [6.07, 6.45) is 2.25. The van der Waals surface area contributed by atoms with E-state index < -0.39 is 5.54 Å². The number of amides is 2. The lowest BCUT2D eigenvalue weighted by molar-refractivity contribution is -0.139. The first-order valence-electron chi connectivity index (χ1n) is 8.04. The highest BCUT2D eigenvalue weighted by Gasteiger charge is 2.35. The number of nitrogens with one attached hydrogen (secondary N) is 1. The maximum Gasteiger partial charge on any atom is 0.242 e. The minimum Gasteiger partial charge on any atom is -0.355 e. The van der Waals surface area contributed by atoms with E-state index in [9.17, 15) is 9.59 Å². The predicted octanol–water partition coefficient (Wildman–Crippen LogP) is 0.174. The van der Waals surface area contributed by atoms with Crippen molar-refractivity contribution in [1.29, 1.82) is 0 Å². The lowest BCUT2D eigenvalue weighted by Gasteiger charge is -2.38. The van der Waals surface area contributed by atoms with Crippen LogP contribution in [-0.4, -0.2) is 66.4 Å². The van der Waals surface area contributed by atoms with Crippen LogP contribution < -0.4 is 11.1 Å². The molecule has 0 aromatic heterocycles. The summed E-state index contributed by atoms with van der Waals surface area (Å²) in [6.45, 7) is 9.84. The predicted molar refractivity (Wildman–Crippen MR) is 83.8 cm³/mol. The molecule has 0 aromatic carbocycles. The Morgan fingerprint density at radius 1 is 1.10 bits per heavy atom. The first kappa shape index (κ1) is 17.9. The first-order valence-corrected chi connectivity index (χ1v) is 8.04. The van der Waals surface area contributed by atoms with Crippen molar-refractivity contribution < 1.29 is 9.59 Å². The van der Waals surface area contributed by atoms with Crippen LogP contribution in [0.5, 0.6) is 0 Å². The van der Waals surface area contributed by atoms with Crippen molar-refractivity contribution in [2.24, 2.45) is 5.73 Å². The van der Waals surface area contributed by atoms with Gasteiger partial charge in [0.05, 0.1) is 12.1 Å². The van der Waals surface area contributed by atoms with Crippen LogP contribution in [0.4, 0.5) is 0 Å². The van der Waals surface area contributed by atoms with Gasteiger partial charge in [-0.05, 0) is 19.3 Å². The summed E-state index contributed by atoms with van der Waals surface area (Å²) in [7, 11) is 0. The number of carbonyl (C=O) groups is 2. The highest BCUT2D eigenvalue weighted by molar-refractivity contribution is 5.86. The molecule has 0 atom stereocenters. The standard InChI is InChI=1S/C15H30N4O2/c1-4-7-17-13(20)12-18-8-10-19(11-9-18)14(21)15(16,5-2)6-3/h4-12,16H2,1-3H3,(H,17,20). The molecule has 1 aliphatic heterocycles. The van der Waals surface area contributed by atoms with Crippen LogP contribution in [-0.2, 0) is 9.59 Å². The number of nitrogens with zero attached hydrogens (tertiary/aromatic N) is 2.